The van der Waals surface area contributed by atoms with E-state index in [1.807, 2.05) is 29.2 Å². The van der Waals surface area contributed by atoms with Gasteiger partial charge in [0, 0.05) is 51.0 Å². The van der Waals surface area contributed by atoms with Crippen LogP contribution in [0.3, 0.4) is 0 Å². The highest BCUT2D eigenvalue weighted by molar-refractivity contribution is 5.89. The van der Waals surface area contributed by atoms with E-state index in [0.29, 0.717) is 13.1 Å². The monoisotopic (exact) mass is 318 g/mol. The number of carbonyl (C=O) groups is 2. The molecular formula is C17H26N4O2. The highest BCUT2D eigenvalue weighted by Gasteiger charge is 2.21. The molecule has 2 rings (SSSR count). The summed E-state index contributed by atoms with van der Waals surface area (Å²) in [6.07, 6.45) is 2.10. The average Bonchev–Trinajstić information content (AvgIpc) is 2.55. The number of unbranched alkanes of at least 4 members (excludes halogenated alkanes) is 1. The number of nitrogens with one attached hydrogen (secondary N) is 2. The van der Waals surface area contributed by atoms with Crippen LogP contribution in [0.15, 0.2) is 24.3 Å². The summed E-state index contributed by atoms with van der Waals surface area (Å²) in [7, 11) is 0. The van der Waals surface area contributed by atoms with Crippen molar-refractivity contribution >= 4 is 23.3 Å². The Bertz CT molecular complexity index is 539. The first-order valence-electron chi connectivity index (χ1n) is 8.25. The number of piperazine rings is 1. The lowest BCUT2D eigenvalue weighted by Gasteiger charge is -2.36. The number of benzene rings is 1. The van der Waals surface area contributed by atoms with Crippen molar-refractivity contribution in [1.82, 2.24) is 10.2 Å². The summed E-state index contributed by atoms with van der Waals surface area (Å²) in [5.74, 6) is -0.0734. The molecule has 6 heteroatoms. The molecule has 0 saturated carbocycles. The van der Waals surface area contributed by atoms with E-state index in [-0.39, 0.29) is 11.9 Å². The largest absolute Gasteiger partial charge is 0.368 e. The average molecular weight is 318 g/mol. The fourth-order valence-electron chi connectivity index (χ4n) is 2.64. The van der Waals surface area contributed by atoms with Gasteiger partial charge in [-0.25, -0.2) is 4.79 Å². The smallest absolute Gasteiger partial charge is 0.317 e. The molecule has 0 atom stereocenters. The van der Waals surface area contributed by atoms with Crippen LogP contribution in [0.5, 0.6) is 0 Å². The number of anilines is 2. The van der Waals surface area contributed by atoms with E-state index in [4.69, 9.17) is 0 Å². The topological polar surface area (TPSA) is 64.7 Å². The van der Waals surface area contributed by atoms with Crippen LogP contribution in [0, 0.1) is 0 Å². The molecule has 3 amide bonds. The van der Waals surface area contributed by atoms with E-state index in [1.165, 1.54) is 6.92 Å². The standard InChI is InChI=1S/C17H26N4O2/c1-3-4-8-18-17(23)21-11-9-20(10-12-21)16-7-5-6-15(13-16)19-14(2)22/h5-7,13H,3-4,8-12H2,1-2H3,(H,18,23)(H,19,22). The van der Waals surface area contributed by atoms with Crippen molar-refractivity contribution in [1.29, 1.82) is 0 Å². The molecule has 0 bridgehead atoms. The zero-order chi connectivity index (χ0) is 16.7. The van der Waals surface area contributed by atoms with Crippen LogP contribution >= 0.6 is 0 Å². The van der Waals surface area contributed by atoms with Crippen LogP contribution in [0.1, 0.15) is 26.7 Å². The van der Waals surface area contributed by atoms with E-state index in [1.54, 1.807) is 0 Å². The highest BCUT2D eigenvalue weighted by Crippen LogP contribution is 2.21. The van der Waals surface area contributed by atoms with E-state index in [2.05, 4.69) is 22.5 Å². The van der Waals surface area contributed by atoms with Gasteiger partial charge >= 0.3 is 6.03 Å². The van der Waals surface area contributed by atoms with Crippen molar-refractivity contribution in [2.24, 2.45) is 0 Å². The van der Waals surface area contributed by atoms with Crippen molar-refractivity contribution in [2.75, 3.05) is 42.9 Å². The number of carbonyl (C=O) groups excluding carboxylic acids is 2. The molecule has 1 aromatic rings. The van der Waals surface area contributed by atoms with E-state index >= 15 is 0 Å². The zero-order valence-corrected chi connectivity index (χ0v) is 14.0. The first-order chi connectivity index (χ1) is 11.1. The van der Waals surface area contributed by atoms with E-state index in [9.17, 15) is 9.59 Å². The summed E-state index contributed by atoms with van der Waals surface area (Å²) in [6, 6.07) is 7.85. The fraction of sp³-hybridized carbons (Fsp3) is 0.529. The van der Waals surface area contributed by atoms with Gasteiger partial charge < -0.3 is 20.4 Å². The summed E-state index contributed by atoms with van der Waals surface area (Å²) in [6.45, 7) is 7.37. The van der Waals surface area contributed by atoms with Crippen LogP contribution in [0.2, 0.25) is 0 Å². The molecule has 0 aliphatic carbocycles. The molecule has 0 radical (unpaired) electrons. The number of rotatable bonds is 5. The minimum absolute atomic E-state index is 0.0325. The van der Waals surface area contributed by atoms with Gasteiger partial charge in [-0.2, -0.15) is 0 Å². The summed E-state index contributed by atoms with van der Waals surface area (Å²) in [4.78, 5) is 27.3. The lowest BCUT2D eigenvalue weighted by Crippen LogP contribution is -2.52. The maximum atomic E-state index is 12.0. The molecule has 0 aromatic heterocycles. The molecule has 0 spiro atoms. The predicted octanol–water partition coefficient (Wildman–Crippen LogP) is 2.28. The third kappa shape index (κ3) is 5.16. The van der Waals surface area contributed by atoms with Crippen LogP contribution in [-0.4, -0.2) is 49.6 Å². The molecule has 2 N–H and O–H groups in total. The normalized spacial score (nSPS) is 14.5. The molecule has 23 heavy (non-hydrogen) atoms. The molecular weight excluding hydrogens is 292 g/mol. The third-order valence-corrected chi connectivity index (χ3v) is 3.91. The molecule has 1 heterocycles. The Morgan fingerprint density at radius 2 is 1.91 bits per heavy atom. The molecule has 1 aliphatic rings. The molecule has 1 aliphatic heterocycles. The Morgan fingerprint density at radius 1 is 1.17 bits per heavy atom. The van der Waals surface area contributed by atoms with Crippen LogP contribution in [0.4, 0.5) is 16.2 Å². The molecule has 1 saturated heterocycles. The van der Waals surface area contributed by atoms with E-state index < -0.39 is 0 Å². The number of nitrogens with zero attached hydrogens (tertiary/aromatic N) is 2. The van der Waals surface area contributed by atoms with Gasteiger partial charge in [0.05, 0.1) is 0 Å². The van der Waals surface area contributed by atoms with Crippen molar-refractivity contribution in [3.8, 4) is 0 Å². The SMILES string of the molecule is CCCCNC(=O)N1CCN(c2cccc(NC(C)=O)c2)CC1. The summed E-state index contributed by atoms with van der Waals surface area (Å²) < 4.78 is 0. The van der Waals surface area contributed by atoms with Crippen LogP contribution in [0.25, 0.3) is 0 Å². The first-order valence-corrected chi connectivity index (χ1v) is 8.25. The van der Waals surface area contributed by atoms with Crippen LogP contribution in [-0.2, 0) is 4.79 Å². The highest BCUT2D eigenvalue weighted by atomic mass is 16.2. The summed E-state index contributed by atoms with van der Waals surface area (Å²) in [5.41, 5.74) is 1.87. The Hall–Kier alpha value is -2.24. The zero-order valence-electron chi connectivity index (χ0n) is 14.0. The Balaban J connectivity index is 1.86. The quantitative estimate of drug-likeness (QED) is 0.819. The van der Waals surface area contributed by atoms with Gasteiger partial charge in [-0.1, -0.05) is 19.4 Å². The molecule has 1 aromatic carbocycles. The summed E-state index contributed by atoms with van der Waals surface area (Å²) >= 11 is 0. The maximum absolute atomic E-state index is 12.0. The second-order valence-electron chi connectivity index (χ2n) is 5.79. The van der Waals surface area contributed by atoms with Gasteiger partial charge in [0.1, 0.15) is 0 Å². The van der Waals surface area contributed by atoms with Gasteiger partial charge in [-0.05, 0) is 24.6 Å². The summed E-state index contributed by atoms with van der Waals surface area (Å²) in [5, 5.41) is 5.76. The van der Waals surface area contributed by atoms with Gasteiger partial charge in [0.2, 0.25) is 5.91 Å². The number of urea groups is 1. The predicted molar refractivity (Wildman–Crippen MR) is 92.8 cm³/mol. The van der Waals surface area contributed by atoms with Gasteiger partial charge in [0.15, 0.2) is 0 Å². The van der Waals surface area contributed by atoms with Gasteiger partial charge in [-0.15, -0.1) is 0 Å². The molecule has 6 nitrogen and oxygen atoms in total. The van der Waals surface area contributed by atoms with Gasteiger partial charge in [0.25, 0.3) is 0 Å². The number of amides is 3. The van der Waals surface area contributed by atoms with Crippen molar-refractivity contribution in [2.45, 2.75) is 26.7 Å². The molecule has 126 valence electrons. The van der Waals surface area contributed by atoms with Crippen molar-refractivity contribution < 1.29 is 9.59 Å². The maximum Gasteiger partial charge on any atom is 0.317 e. The lowest BCUT2D eigenvalue weighted by atomic mass is 10.2. The minimum atomic E-state index is -0.0734. The third-order valence-electron chi connectivity index (χ3n) is 3.91. The Morgan fingerprint density at radius 3 is 2.57 bits per heavy atom. The van der Waals surface area contributed by atoms with Gasteiger partial charge in [-0.3, -0.25) is 4.79 Å². The van der Waals surface area contributed by atoms with E-state index in [0.717, 1.165) is 43.9 Å². The second-order valence-corrected chi connectivity index (χ2v) is 5.79. The fourth-order valence-corrected chi connectivity index (χ4v) is 2.64. The van der Waals surface area contributed by atoms with Crippen LogP contribution < -0.4 is 15.5 Å². The Labute approximate surface area is 137 Å². The van der Waals surface area contributed by atoms with Crippen molar-refractivity contribution in [3.05, 3.63) is 24.3 Å². The molecule has 1 fully saturated rings. The minimum Gasteiger partial charge on any atom is -0.368 e. The number of hydrogen-bond donors (Lipinski definition) is 2. The second kappa shape index (κ2) is 8.41. The van der Waals surface area contributed by atoms with Crippen molar-refractivity contribution in [3.63, 3.8) is 0 Å². The molecule has 0 unspecified atom stereocenters. The first kappa shape index (κ1) is 17.1. The lowest BCUT2D eigenvalue weighted by molar-refractivity contribution is -0.114. The number of hydrogen-bond acceptors (Lipinski definition) is 3. The Kier molecular flexibility index (Phi) is 6.26.